The SMILES string of the molecule is CC(=O)N(CCNC(=O)OC(C)(C)C)c1cccc(Br)c1. The van der Waals surface area contributed by atoms with E-state index < -0.39 is 11.7 Å². The van der Waals surface area contributed by atoms with Crippen molar-refractivity contribution >= 4 is 33.6 Å². The van der Waals surface area contributed by atoms with Crippen LogP contribution in [0, 0.1) is 0 Å². The van der Waals surface area contributed by atoms with Crippen LogP contribution in [0.1, 0.15) is 27.7 Å². The molecule has 0 heterocycles. The van der Waals surface area contributed by atoms with Crippen molar-refractivity contribution in [2.75, 3.05) is 18.0 Å². The molecular formula is C15H21BrN2O3. The molecule has 0 fully saturated rings. The topological polar surface area (TPSA) is 58.6 Å². The Labute approximate surface area is 133 Å². The second kappa shape index (κ2) is 7.45. The highest BCUT2D eigenvalue weighted by Crippen LogP contribution is 2.19. The van der Waals surface area contributed by atoms with Gasteiger partial charge in [0.2, 0.25) is 5.91 Å². The maximum atomic E-state index is 11.7. The number of nitrogens with one attached hydrogen (secondary N) is 1. The molecule has 0 aliphatic rings. The van der Waals surface area contributed by atoms with Crippen LogP contribution < -0.4 is 10.2 Å². The molecule has 0 atom stereocenters. The van der Waals surface area contributed by atoms with Gasteiger partial charge in [0.1, 0.15) is 5.60 Å². The fourth-order valence-corrected chi connectivity index (χ4v) is 2.08. The van der Waals surface area contributed by atoms with Crippen LogP contribution >= 0.6 is 15.9 Å². The number of ether oxygens (including phenoxy) is 1. The molecule has 0 aliphatic heterocycles. The first-order valence-corrected chi connectivity index (χ1v) is 7.49. The zero-order chi connectivity index (χ0) is 16.0. The number of rotatable bonds is 4. The summed E-state index contributed by atoms with van der Waals surface area (Å²) >= 11 is 3.38. The van der Waals surface area contributed by atoms with Gasteiger partial charge in [0.15, 0.2) is 0 Å². The third-order valence-electron chi connectivity index (χ3n) is 2.50. The number of amides is 2. The molecule has 1 N–H and O–H groups in total. The van der Waals surface area contributed by atoms with Gasteiger partial charge in [-0.05, 0) is 39.0 Å². The van der Waals surface area contributed by atoms with Crippen LogP contribution in [0.5, 0.6) is 0 Å². The van der Waals surface area contributed by atoms with Crippen LogP contribution in [0.2, 0.25) is 0 Å². The lowest BCUT2D eigenvalue weighted by atomic mass is 10.2. The van der Waals surface area contributed by atoms with Crippen molar-refractivity contribution in [3.05, 3.63) is 28.7 Å². The minimum absolute atomic E-state index is 0.0842. The third kappa shape index (κ3) is 6.62. The maximum Gasteiger partial charge on any atom is 0.407 e. The smallest absolute Gasteiger partial charge is 0.407 e. The van der Waals surface area contributed by atoms with Crippen LogP contribution in [0.15, 0.2) is 28.7 Å². The Kier molecular flexibility index (Phi) is 6.20. The molecule has 0 bridgehead atoms. The normalized spacial score (nSPS) is 10.9. The van der Waals surface area contributed by atoms with Crippen LogP contribution in [0.4, 0.5) is 10.5 Å². The average Bonchev–Trinajstić information content (AvgIpc) is 2.31. The van der Waals surface area contributed by atoms with E-state index in [0.29, 0.717) is 13.1 Å². The number of alkyl carbamates (subject to hydrolysis) is 1. The van der Waals surface area contributed by atoms with Crippen LogP contribution in [-0.4, -0.2) is 30.7 Å². The Bertz CT molecular complexity index is 512. The Hall–Kier alpha value is -1.56. The molecule has 2 amide bonds. The van der Waals surface area contributed by atoms with E-state index in [9.17, 15) is 9.59 Å². The highest BCUT2D eigenvalue weighted by atomic mass is 79.9. The number of benzene rings is 1. The largest absolute Gasteiger partial charge is 0.444 e. The molecule has 0 unspecified atom stereocenters. The first-order valence-electron chi connectivity index (χ1n) is 6.69. The van der Waals surface area contributed by atoms with Crippen molar-refractivity contribution in [3.63, 3.8) is 0 Å². The summed E-state index contributed by atoms with van der Waals surface area (Å²) in [5.74, 6) is -0.0842. The molecular weight excluding hydrogens is 336 g/mol. The van der Waals surface area contributed by atoms with Gasteiger partial charge in [0.25, 0.3) is 0 Å². The molecule has 6 heteroatoms. The van der Waals surface area contributed by atoms with Gasteiger partial charge in [-0.2, -0.15) is 0 Å². The van der Waals surface area contributed by atoms with Gasteiger partial charge in [-0.15, -0.1) is 0 Å². The first-order chi connectivity index (χ1) is 9.69. The zero-order valence-electron chi connectivity index (χ0n) is 12.8. The summed E-state index contributed by atoms with van der Waals surface area (Å²) in [7, 11) is 0. The quantitative estimate of drug-likeness (QED) is 0.899. The van der Waals surface area contributed by atoms with E-state index >= 15 is 0 Å². The number of carbonyl (C=O) groups excluding carboxylic acids is 2. The van der Waals surface area contributed by atoms with E-state index in [0.717, 1.165) is 10.2 Å². The van der Waals surface area contributed by atoms with Gasteiger partial charge in [-0.3, -0.25) is 4.79 Å². The summed E-state index contributed by atoms with van der Waals surface area (Å²) in [5.41, 5.74) is 0.247. The zero-order valence-corrected chi connectivity index (χ0v) is 14.4. The predicted octanol–water partition coefficient (Wildman–Crippen LogP) is 3.33. The highest BCUT2D eigenvalue weighted by Gasteiger charge is 2.17. The average molecular weight is 357 g/mol. The van der Waals surface area contributed by atoms with Gasteiger partial charge in [-0.1, -0.05) is 22.0 Å². The molecule has 0 aromatic heterocycles. The van der Waals surface area contributed by atoms with Gasteiger partial charge >= 0.3 is 6.09 Å². The van der Waals surface area contributed by atoms with Gasteiger partial charge in [-0.25, -0.2) is 4.79 Å². The number of carbonyl (C=O) groups is 2. The lowest BCUT2D eigenvalue weighted by molar-refractivity contribution is -0.116. The van der Waals surface area contributed by atoms with E-state index in [4.69, 9.17) is 4.74 Å². The lowest BCUT2D eigenvalue weighted by Crippen LogP contribution is -2.39. The lowest BCUT2D eigenvalue weighted by Gasteiger charge is -2.23. The van der Waals surface area contributed by atoms with Gasteiger partial charge < -0.3 is 15.0 Å². The summed E-state index contributed by atoms with van der Waals surface area (Å²) < 4.78 is 6.04. The summed E-state index contributed by atoms with van der Waals surface area (Å²) in [4.78, 5) is 24.9. The van der Waals surface area contributed by atoms with Crippen molar-refractivity contribution in [2.45, 2.75) is 33.3 Å². The molecule has 0 aliphatic carbocycles. The summed E-state index contributed by atoms with van der Waals surface area (Å²) in [6, 6.07) is 7.45. The van der Waals surface area contributed by atoms with Gasteiger partial charge in [0, 0.05) is 30.2 Å². The summed E-state index contributed by atoms with van der Waals surface area (Å²) in [5, 5.41) is 2.64. The second-order valence-corrected chi connectivity index (χ2v) is 6.49. The first kappa shape index (κ1) is 17.5. The molecule has 116 valence electrons. The minimum Gasteiger partial charge on any atom is -0.444 e. The number of hydrogen-bond acceptors (Lipinski definition) is 3. The fraction of sp³-hybridized carbons (Fsp3) is 0.467. The Morgan fingerprint density at radius 2 is 2.00 bits per heavy atom. The van der Waals surface area contributed by atoms with Crippen molar-refractivity contribution in [1.82, 2.24) is 5.32 Å². The number of anilines is 1. The van der Waals surface area contributed by atoms with Crippen molar-refractivity contribution in [2.24, 2.45) is 0 Å². The van der Waals surface area contributed by atoms with E-state index in [-0.39, 0.29) is 5.91 Å². The molecule has 0 radical (unpaired) electrons. The van der Waals surface area contributed by atoms with E-state index in [1.54, 1.807) is 25.7 Å². The monoisotopic (exact) mass is 356 g/mol. The molecule has 1 rings (SSSR count). The van der Waals surface area contributed by atoms with Crippen LogP contribution in [0.25, 0.3) is 0 Å². The molecule has 0 spiro atoms. The van der Waals surface area contributed by atoms with Gasteiger partial charge in [0.05, 0.1) is 0 Å². The standard InChI is InChI=1S/C15H21BrN2O3/c1-11(19)18(13-7-5-6-12(16)10-13)9-8-17-14(20)21-15(2,3)4/h5-7,10H,8-9H2,1-4H3,(H,17,20). The molecule has 1 aromatic carbocycles. The van der Waals surface area contributed by atoms with Crippen molar-refractivity contribution < 1.29 is 14.3 Å². The van der Waals surface area contributed by atoms with E-state index in [2.05, 4.69) is 21.2 Å². The Morgan fingerprint density at radius 3 is 2.52 bits per heavy atom. The van der Waals surface area contributed by atoms with Crippen molar-refractivity contribution in [3.8, 4) is 0 Å². The molecule has 5 nitrogen and oxygen atoms in total. The Balaban J connectivity index is 2.57. The van der Waals surface area contributed by atoms with E-state index in [1.807, 2.05) is 24.3 Å². The fourth-order valence-electron chi connectivity index (χ4n) is 1.70. The predicted molar refractivity (Wildman–Crippen MR) is 86.4 cm³/mol. The third-order valence-corrected chi connectivity index (χ3v) is 3.00. The molecule has 0 saturated heterocycles. The summed E-state index contributed by atoms with van der Waals surface area (Å²) in [6.07, 6.45) is -0.486. The summed E-state index contributed by atoms with van der Waals surface area (Å²) in [6.45, 7) is 7.60. The van der Waals surface area contributed by atoms with E-state index in [1.165, 1.54) is 6.92 Å². The number of hydrogen-bond donors (Lipinski definition) is 1. The molecule has 21 heavy (non-hydrogen) atoms. The second-order valence-electron chi connectivity index (χ2n) is 5.58. The minimum atomic E-state index is -0.533. The van der Waals surface area contributed by atoms with Crippen LogP contribution in [-0.2, 0) is 9.53 Å². The van der Waals surface area contributed by atoms with Crippen molar-refractivity contribution in [1.29, 1.82) is 0 Å². The maximum absolute atomic E-state index is 11.7. The van der Waals surface area contributed by atoms with Crippen LogP contribution in [0.3, 0.4) is 0 Å². The number of halogens is 1. The highest BCUT2D eigenvalue weighted by molar-refractivity contribution is 9.10. The molecule has 1 aromatic rings. The number of nitrogens with zero attached hydrogens (tertiary/aromatic N) is 1. The Morgan fingerprint density at radius 1 is 1.33 bits per heavy atom. The molecule has 0 saturated carbocycles.